The number of benzene rings is 1. The molecule has 7 nitrogen and oxygen atoms in total. The summed E-state index contributed by atoms with van der Waals surface area (Å²) in [4.78, 5) is 43.7. The van der Waals surface area contributed by atoms with Gasteiger partial charge in [-0.05, 0) is 25.1 Å². The number of aromatic nitrogens is 1. The van der Waals surface area contributed by atoms with Gasteiger partial charge in [0, 0.05) is 31.5 Å². The highest BCUT2D eigenvalue weighted by molar-refractivity contribution is 7.14. The number of hydrogen-bond donors (Lipinski definition) is 0. The smallest absolute Gasteiger partial charge is 0.310 e. The van der Waals surface area contributed by atoms with Crippen molar-refractivity contribution >= 4 is 46.0 Å². The molecule has 0 N–H and O–H groups in total. The number of amides is 2. The van der Waals surface area contributed by atoms with Crippen LogP contribution >= 0.6 is 11.3 Å². The van der Waals surface area contributed by atoms with Crippen molar-refractivity contribution in [3.8, 4) is 0 Å². The number of thiazole rings is 1. The first kappa shape index (κ1) is 22.3. The summed E-state index contributed by atoms with van der Waals surface area (Å²) in [5.41, 5.74) is 1.31. The van der Waals surface area contributed by atoms with Gasteiger partial charge in [0.1, 0.15) is 0 Å². The second-order valence-electron chi connectivity index (χ2n) is 6.38. The van der Waals surface area contributed by atoms with E-state index < -0.39 is 5.92 Å². The van der Waals surface area contributed by atoms with Crippen LogP contribution in [0.1, 0.15) is 26.5 Å². The van der Waals surface area contributed by atoms with Gasteiger partial charge in [0.2, 0.25) is 11.8 Å². The van der Waals surface area contributed by atoms with E-state index in [1.54, 1.807) is 23.3 Å². The van der Waals surface area contributed by atoms with Gasteiger partial charge in [-0.2, -0.15) is 0 Å². The fraction of sp³-hybridized carbons (Fsp3) is 0.333. The van der Waals surface area contributed by atoms with Gasteiger partial charge < -0.3 is 9.64 Å². The van der Waals surface area contributed by atoms with E-state index in [2.05, 4.69) is 4.98 Å². The number of anilines is 2. The molecule has 0 saturated heterocycles. The van der Waals surface area contributed by atoms with Crippen LogP contribution in [0.15, 0.2) is 41.8 Å². The molecule has 1 heterocycles. The molecule has 2 aromatic rings. The number of esters is 1. The number of rotatable bonds is 8. The van der Waals surface area contributed by atoms with Crippen LogP contribution in [-0.4, -0.2) is 47.9 Å². The molecule has 2 amide bonds. The molecular weight excluding hydrogens is 390 g/mol. The highest BCUT2D eigenvalue weighted by Gasteiger charge is 2.20. The van der Waals surface area contributed by atoms with Crippen molar-refractivity contribution in [2.75, 3.05) is 25.1 Å². The Labute approximate surface area is 174 Å². The molecular formula is C21H25N3O4S. The molecule has 1 aromatic carbocycles. The van der Waals surface area contributed by atoms with Crippen LogP contribution in [-0.2, 0) is 19.1 Å². The Balaban J connectivity index is 2.11. The summed E-state index contributed by atoms with van der Waals surface area (Å²) in [5.74, 6) is -1.12. The minimum absolute atomic E-state index is 0.147. The average Bonchev–Trinajstić information content (AvgIpc) is 3.18. The van der Waals surface area contributed by atoms with E-state index in [1.807, 2.05) is 37.3 Å². The van der Waals surface area contributed by atoms with Crippen molar-refractivity contribution in [3.63, 3.8) is 0 Å². The predicted molar refractivity (Wildman–Crippen MR) is 114 cm³/mol. The highest BCUT2D eigenvalue weighted by atomic mass is 32.1. The summed E-state index contributed by atoms with van der Waals surface area (Å²) in [6.45, 7) is 5.80. The van der Waals surface area contributed by atoms with Gasteiger partial charge >= 0.3 is 5.97 Å². The summed E-state index contributed by atoms with van der Waals surface area (Å²) < 4.78 is 4.71. The van der Waals surface area contributed by atoms with E-state index in [0.717, 1.165) is 5.69 Å². The van der Waals surface area contributed by atoms with Crippen LogP contribution < -0.4 is 4.90 Å². The Kier molecular flexibility index (Phi) is 8.09. The van der Waals surface area contributed by atoms with Crippen molar-refractivity contribution in [1.29, 1.82) is 0 Å². The zero-order chi connectivity index (χ0) is 21.4. The summed E-state index contributed by atoms with van der Waals surface area (Å²) >= 11 is 1.32. The van der Waals surface area contributed by atoms with Gasteiger partial charge in [-0.1, -0.05) is 25.1 Å². The number of carbonyl (C=O) groups excluding carboxylic acids is 3. The molecule has 1 unspecified atom stereocenters. The predicted octanol–water partition coefficient (Wildman–Crippen LogP) is 3.50. The molecule has 0 aliphatic carbocycles. The summed E-state index contributed by atoms with van der Waals surface area (Å²) in [6, 6.07) is 9.26. The molecule has 0 radical (unpaired) electrons. The molecule has 0 bridgehead atoms. The number of carbonyl (C=O) groups is 3. The fourth-order valence-electron chi connectivity index (χ4n) is 2.70. The summed E-state index contributed by atoms with van der Waals surface area (Å²) in [6.07, 6.45) is 3.03. The number of hydrogen-bond acceptors (Lipinski definition) is 6. The molecule has 0 saturated carbocycles. The third kappa shape index (κ3) is 5.99. The minimum Gasteiger partial charge on any atom is -0.469 e. The Bertz CT molecular complexity index is 879. The topological polar surface area (TPSA) is 79.8 Å². The highest BCUT2D eigenvalue weighted by Crippen LogP contribution is 2.29. The first-order valence-corrected chi connectivity index (χ1v) is 10.1. The number of para-hydroxylation sites is 1. The maximum absolute atomic E-state index is 12.5. The van der Waals surface area contributed by atoms with Crippen molar-refractivity contribution in [1.82, 2.24) is 9.88 Å². The van der Waals surface area contributed by atoms with E-state index >= 15 is 0 Å². The van der Waals surface area contributed by atoms with Crippen LogP contribution in [0.2, 0.25) is 0 Å². The third-order valence-electron chi connectivity index (χ3n) is 4.22. The Hall–Kier alpha value is -3.00. The summed E-state index contributed by atoms with van der Waals surface area (Å²) in [7, 11) is 1.33. The van der Waals surface area contributed by atoms with Crippen molar-refractivity contribution in [2.24, 2.45) is 5.92 Å². The quantitative estimate of drug-likeness (QED) is 0.487. The molecule has 0 aliphatic heterocycles. The number of nitrogens with zero attached hydrogens (tertiary/aromatic N) is 3. The normalized spacial score (nSPS) is 11.9. The average molecular weight is 416 g/mol. The summed E-state index contributed by atoms with van der Waals surface area (Å²) in [5, 5.41) is 2.31. The standard InChI is InChI=1S/C21H25N3O4S/c1-5-23(13-15(2)20(27)28-4)19(26)12-11-17-14-29-21(22-17)24(16(3)25)18-9-7-6-8-10-18/h6-12,14-15H,5,13H2,1-4H3/b12-11+. The Morgan fingerprint density at radius 3 is 2.52 bits per heavy atom. The molecule has 0 spiro atoms. The van der Waals surface area contributed by atoms with Gasteiger partial charge in [0.15, 0.2) is 5.13 Å². The van der Waals surface area contributed by atoms with Crippen LogP contribution in [0.4, 0.5) is 10.8 Å². The van der Waals surface area contributed by atoms with Gasteiger partial charge in [-0.3, -0.25) is 19.3 Å². The van der Waals surface area contributed by atoms with Gasteiger partial charge in [0.05, 0.1) is 24.4 Å². The second kappa shape index (κ2) is 10.5. The molecule has 0 fully saturated rings. The van der Waals surface area contributed by atoms with E-state index in [4.69, 9.17) is 4.74 Å². The van der Waals surface area contributed by atoms with Crippen LogP contribution in [0.5, 0.6) is 0 Å². The Morgan fingerprint density at radius 1 is 1.24 bits per heavy atom. The zero-order valence-corrected chi connectivity index (χ0v) is 17.8. The fourth-order valence-corrected chi connectivity index (χ4v) is 3.56. The van der Waals surface area contributed by atoms with E-state index in [-0.39, 0.29) is 24.3 Å². The largest absolute Gasteiger partial charge is 0.469 e. The molecule has 1 aromatic heterocycles. The lowest BCUT2D eigenvalue weighted by molar-refractivity contribution is -0.146. The lowest BCUT2D eigenvalue weighted by atomic mass is 10.1. The number of ether oxygens (including phenoxy) is 1. The maximum atomic E-state index is 12.5. The second-order valence-corrected chi connectivity index (χ2v) is 7.22. The van der Waals surface area contributed by atoms with Gasteiger partial charge in [0.25, 0.3) is 0 Å². The molecule has 0 aliphatic rings. The molecule has 29 heavy (non-hydrogen) atoms. The maximum Gasteiger partial charge on any atom is 0.310 e. The van der Waals surface area contributed by atoms with Crippen LogP contribution in [0.3, 0.4) is 0 Å². The van der Waals surface area contributed by atoms with Gasteiger partial charge in [-0.25, -0.2) is 4.98 Å². The number of likely N-dealkylation sites (N-methyl/N-ethyl adjacent to an activating group) is 1. The van der Waals surface area contributed by atoms with E-state index in [1.165, 1.54) is 36.3 Å². The zero-order valence-electron chi connectivity index (χ0n) is 17.0. The lowest BCUT2D eigenvalue weighted by Gasteiger charge is -2.22. The molecule has 1 atom stereocenters. The number of methoxy groups -OCH3 is 1. The van der Waals surface area contributed by atoms with Crippen molar-refractivity contribution in [2.45, 2.75) is 20.8 Å². The molecule has 2 rings (SSSR count). The van der Waals surface area contributed by atoms with Gasteiger partial charge in [-0.15, -0.1) is 11.3 Å². The molecule has 8 heteroatoms. The third-order valence-corrected chi connectivity index (χ3v) is 5.06. The SMILES string of the molecule is CCN(CC(C)C(=O)OC)C(=O)/C=C/c1csc(N(C(C)=O)c2ccccc2)n1. The Morgan fingerprint density at radius 2 is 1.93 bits per heavy atom. The van der Waals surface area contributed by atoms with Crippen LogP contribution in [0.25, 0.3) is 6.08 Å². The van der Waals surface area contributed by atoms with Crippen molar-refractivity contribution in [3.05, 3.63) is 47.5 Å². The molecule has 154 valence electrons. The first-order chi connectivity index (χ1) is 13.9. The monoisotopic (exact) mass is 415 g/mol. The van der Waals surface area contributed by atoms with E-state index in [0.29, 0.717) is 17.4 Å². The first-order valence-electron chi connectivity index (χ1n) is 9.23. The van der Waals surface area contributed by atoms with Crippen molar-refractivity contribution < 1.29 is 19.1 Å². The van der Waals surface area contributed by atoms with E-state index in [9.17, 15) is 14.4 Å². The van der Waals surface area contributed by atoms with Crippen LogP contribution in [0, 0.1) is 5.92 Å². The lowest BCUT2D eigenvalue weighted by Crippen LogP contribution is -2.36. The minimum atomic E-state index is -0.404.